The third kappa shape index (κ3) is 6.26. The highest BCUT2D eigenvalue weighted by molar-refractivity contribution is 7.98. The average molecular weight is 461 g/mol. The predicted molar refractivity (Wildman–Crippen MR) is 124 cm³/mol. The van der Waals surface area contributed by atoms with Gasteiger partial charge in [-0.3, -0.25) is 9.52 Å². The number of benzene rings is 3. The Hall–Kier alpha value is -2.48. The molecule has 0 aliphatic heterocycles. The molecule has 30 heavy (non-hydrogen) atoms. The van der Waals surface area contributed by atoms with Gasteiger partial charge in [0.2, 0.25) is 0 Å². The maximum atomic E-state index is 12.7. The van der Waals surface area contributed by atoms with Crippen LogP contribution in [0.15, 0.2) is 83.8 Å². The summed E-state index contributed by atoms with van der Waals surface area (Å²) in [5, 5.41) is 2.86. The summed E-state index contributed by atoms with van der Waals surface area (Å²) < 4.78 is 27.9. The second-order valence-electron chi connectivity index (χ2n) is 6.41. The summed E-state index contributed by atoms with van der Waals surface area (Å²) >= 11 is 7.81. The van der Waals surface area contributed by atoms with Crippen molar-refractivity contribution in [3.8, 4) is 0 Å². The molecule has 0 unspecified atom stereocenters. The van der Waals surface area contributed by atoms with E-state index in [-0.39, 0.29) is 21.4 Å². The van der Waals surface area contributed by atoms with E-state index in [9.17, 15) is 13.2 Å². The molecule has 0 aromatic heterocycles. The number of carbonyl (C=O) groups excluding carboxylic acids is 1. The molecule has 5 nitrogen and oxygen atoms in total. The Morgan fingerprint density at radius 2 is 1.60 bits per heavy atom. The Kier molecular flexibility index (Phi) is 7.79. The van der Waals surface area contributed by atoms with Crippen LogP contribution in [0.25, 0.3) is 0 Å². The Labute approximate surface area is 185 Å². The molecular weight excluding hydrogens is 440 g/mol. The van der Waals surface area contributed by atoms with E-state index in [1.165, 1.54) is 23.8 Å². The fraction of sp³-hybridized carbons (Fsp3) is 0.136. The van der Waals surface area contributed by atoms with Crippen LogP contribution < -0.4 is 10.0 Å². The second-order valence-corrected chi connectivity index (χ2v) is 9.57. The zero-order chi connectivity index (χ0) is 21.4. The number of carbonyl (C=O) groups is 1. The van der Waals surface area contributed by atoms with Gasteiger partial charge in [-0.1, -0.05) is 60.1 Å². The topological polar surface area (TPSA) is 75.3 Å². The third-order valence-corrected chi connectivity index (χ3v) is 7.05. The Morgan fingerprint density at radius 1 is 0.933 bits per heavy atom. The average Bonchev–Trinajstić information content (AvgIpc) is 2.74. The molecule has 0 atom stereocenters. The molecule has 8 heteroatoms. The number of hydrogen-bond donors (Lipinski definition) is 2. The van der Waals surface area contributed by atoms with Crippen LogP contribution in [0, 0.1) is 0 Å². The molecule has 0 radical (unpaired) electrons. The summed E-state index contributed by atoms with van der Waals surface area (Å²) in [5.74, 6) is 1.27. The van der Waals surface area contributed by atoms with Gasteiger partial charge in [-0.15, -0.1) is 0 Å². The summed E-state index contributed by atoms with van der Waals surface area (Å²) in [6.45, 7) is 0.476. The van der Waals surface area contributed by atoms with Crippen LogP contribution in [0.2, 0.25) is 5.02 Å². The summed E-state index contributed by atoms with van der Waals surface area (Å²) in [7, 11) is -3.93. The van der Waals surface area contributed by atoms with Crippen LogP contribution in [0.3, 0.4) is 0 Å². The zero-order valence-corrected chi connectivity index (χ0v) is 18.4. The molecule has 0 saturated heterocycles. The number of halogens is 1. The minimum absolute atomic E-state index is 0.0494. The molecule has 0 fully saturated rings. The summed E-state index contributed by atoms with van der Waals surface area (Å²) in [6, 6.07) is 22.8. The third-order valence-electron chi connectivity index (χ3n) is 4.15. The number of anilines is 1. The molecule has 0 aliphatic carbocycles. The Balaban J connectivity index is 1.59. The van der Waals surface area contributed by atoms with Crippen molar-refractivity contribution >= 4 is 45.0 Å². The van der Waals surface area contributed by atoms with Crippen LogP contribution in [0.1, 0.15) is 15.9 Å². The van der Waals surface area contributed by atoms with Gasteiger partial charge in [0.15, 0.2) is 0 Å². The van der Waals surface area contributed by atoms with Crippen molar-refractivity contribution in [3.05, 3.63) is 95.0 Å². The molecule has 0 heterocycles. The van der Waals surface area contributed by atoms with Gasteiger partial charge in [-0.25, -0.2) is 8.42 Å². The van der Waals surface area contributed by atoms with E-state index in [2.05, 4.69) is 22.2 Å². The lowest BCUT2D eigenvalue weighted by Gasteiger charge is -2.11. The SMILES string of the molecule is O=C(NCCSCc1ccccc1)c1ccc(Cl)c(S(=O)(=O)Nc2ccccc2)c1. The van der Waals surface area contributed by atoms with Gasteiger partial charge in [0.05, 0.1) is 5.02 Å². The van der Waals surface area contributed by atoms with Gasteiger partial charge in [0.1, 0.15) is 4.90 Å². The molecule has 2 N–H and O–H groups in total. The zero-order valence-electron chi connectivity index (χ0n) is 16.0. The summed E-state index contributed by atoms with van der Waals surface area (Å²) in [4.78, 5) is 12.3. The molecule has 3 rings (SSSR count). The van der Waals surface area contributed by atoms with Crippen LogP contribution in [-0.2, 0) is 15.8 Å². The second kappa shape index (κ2) is 10.5. The summed E-state index contributed by atoms with van der Waals surface area (Å²) in [5.41, 5.74) is 1.88. The van der Waals surface area contributed by atoms with E-state index < -0.39 is 10.0 Å². The van der Waals surface area contributed by atoms with Crippen molar-refractivity contribution in [1.82, 2.24) is 5.32 Å². The number of nitrogens with one attached hydrogen (secondary N) is 2. The fourth-order valence-electron chi connectivity index (χ4n) is 2.67. The van der Waals surface area contributed by atoms with Crippen molar-refractivity contribution in [2.45, 2.75) is 10.6 Å². The van der Waals surface area contributed by atoms with Gasteiger partial charge in [-0.2, -0.15) is 11.8 Å². The van der Waals surface area contributed by atoms with Gasteiger partial charge in [0.25, 0.3) is 15.9 Å². The minimum Gasteiger partial charge on any atom is -0.351 e. The van der Waals surface area contributed by atoms with Gasteiger partial charge >= 0.3 is 0 Å². The van der Waals surface area contributed by atoms with Crippen molar-refractivity contribution in [2.75, 3.05) is 17.0 Å². The van der Waals surface area contributed by atoms with E-state index in [4.69, 9.17) is 11.6 Å². The normalized spacial score (nSPS) is 11.1. The highest BCUT2D eigenvalue weighted by atomic mass is 35.5. The minimum atomic E-state index is -3.93. The number of para-hydroxylation sites is 1. The first kappa shape index (κ1) is 22.2. The Bertz CT molecular complexity index is 1090. The lowest BCUT2D eigenvalue weighted by molar-refractivity contribution is 0.0956. The van der Waals surface area contributed by atoms with E-state index in [1.807, 2.05) is 18.2 Å². The number of hydrogen-bond acceptors (Lipinski definition) is 4. The Morgan fingerprint density at radius 3 is 2.30 bits per heavy atom. The molecule has 156 valence electrons. The van der Waals surface area contributed by atoms with E-state index in [0.717, 1.165) is 11.5 Å². The van der Waals surface area contributed by atoms with E-state index in [1.54, 1.807) is 42.1 Å². The van der Waals surface area contributed by atoms with Crippen molar-refractivity contribution in [1.29, 1.82) is 0 Å². The monoisotopic (exact) mass is 460 g/mol. The van der Waals surface area contributed by atoms with Gasteiger partial charge in [0, 0.05) is 29.3 Å². The van der Waals surface area contributed by atoms with Crippen LogP contribution in [-0.4, -0.2) is 26.6 Å². The number of rotatable bonds is 9. The maximum absolute atomic E-state index is 12.7. The highest BCUT2D eigenvalue weighted by Crippen LogP contribution is 2.25. The van der Waals surface area contributed by atoms with E-state index >= 15 is 0 Å². The van der Waals surface area contributed by atoms with Crippen molar-refractivity contribution in [3.63, 3.8) is 0 Å². The highest BCUT2D eigenvalue weighted by Gasteiger charge is 2.20. The van der Waals surface area contributed by atoms with Crippen LogP contribution in [0.5, 0.6) is 0 Å². The first-order valence-corrected chi connectivity index (χ1v) is 12.2. The number of amides is 1. The van der Waals surface area contributed by atoms with Crippen molar-refractivity contribution < 1.29 is 13.2 Å². The molecule has 0 spiro atoms. The summed E-state index contributed by atoms with van der Waals surface area (Å²) in [6.07, 6.45) is 0. The number of sulfonamides is 1. The first-order chi connectivity index (χ1) is 14.5. The number of thioether (sulfide) groups is 1. The molecule has 1 amide bonds. The predicted octanol–water partition coefficient (Wildman–Crippen LogP) is 4.80. The quantitative estimate of drug-likeness (QED) is 0.449. The molecular formula is C22H21ClN2O3S2. The molecule has 0 saturated carbocycles. The smallest absolute Gasteiger partial charge is 0.263 e. The standard InChI is InChI=1S/C22H21ClN2O3S2/c23-20-12-11-18(15-21(20)30(27,28)25-19-9-5-2-6-10-19)22(26)24-13-14-29-16-17-7-3-1-4-8-17/h1-12,15,25H,13-14,16H2,(H,24,26). The lowest BCUT2D eigenvalue weighted by Crippen LogP contribution is -2.26. The molecule has 3 aromatic carbocycles. The molecule has 0 aliphatic rings. The van der Waals surface area contributed by atoms with E-state index in [0.29, 0.717) is 12.2 Å². The molecule has 0 bridgehead atoms. The van der Waals surface area contributed by atoms with Crippen LogP contribution in [0.4, 0.5) is 5.69 Å². The maximum Gasteiger partial charge on any atom is 0.263 e. The van der Waals surface area contributed by atoms with Crippen molar-refractivity contribution in [2.24, 2.45) is 0 Å². The molecule has 3 aromatic rings. The van der Waals surface area contributed by atoms with Crippen LogP contribution >= 0.6 is 23.4 Å². The lowest BCUT2D eigenvalue weighted by atomic mass is 10.2. The van der Waals surface area contributed by atoms with Gasteiger partial charge in [-0.05, 0) is 35.9 Å². The first-order valence-electron chi connectivity index (χ1n) is 9.23. The fourth-order valence-corrected chi connectivity index (χ4v) is 5.07. The van der Waals surface area contributed by atoms with Gasteiger partial charge < -0.3 is 5.32 Å². The largest absolute Gasteiger partial charge is 0.351 e.